The van der Waals surface area contributed by atoms with E-state index in [2.05, 4.69) is 4.90 Å². The van der Waals surface area contributed by atoms with Gasteiger partial charge in [-0.3, -0.25) is 4.90 Å². The van der Waals surface area contributed by atoms with E-state index >= 15 is 0 Å². The molecule has 2 aliphatic rings. The topological polar surface area (TPSA) is 58.7 Å². The minimum absolute atomic E-state index is 0.0943. The van der Waals surface area contributed by atoms with Gasteiger partial charge in [0.1, 0.15) is 17.3 Å². The van der Waals surface area contributed by atoms with Gasteiger partial charge in [-0.05, 0) is 30.9 Å². The van der Waals surface area contributed by atoms with E-state index in [1.807, 2.05) is 24.3 Å². The normalized spacial score (nSPS) is 28.5. The van der Waals surface area contributed by atoms with Crippen LogP contribution in [-0.2, 0) is 0 Å². The molecule has 1 aromatic rings. The molecule has 1 aromatic carbocycles. The molecule has 3 unspecified atom stereocenters. The molecule has 0 amide bonds. The first kappa shape index (κ1) is 14.8. The molecular weight excluding hydrogens is 284 g/mol. The molecule has 3 N–H and O–H groups in total. The number of nitrogens with two attached hydrogens (primary N) is 1. The number of nitrogens with zero attached hydrogens (tertiary/aromatic N) is 1. The van der Waals surface area contributed by atoms with Gasteiger partial charge in [0.05, 0.1) is 6.10 Å². The molecule has 5 heteroatoms. The number of hydrogen-bond acceptors (Lipinski definition) is 4. The third-order valence-electron chi connectivity index (χ3n) is 4.69. The monoisotopic (exact) mass is 306 g/mol. The number of aliphatic hydroxyl groups excluding tert-OH is 1. The molecule has 1 saturated heterocycles. The Hall–Kier alpha value is -1.17. The summed E-state index contributed by atoms with van der Waals surface area (Å²) in [5.74, 6) is 1.96. The third kappa shape index (κ3) is 3.36. The predicted octanol–water partition coefficient (Wildman–Crippen LogP) is 1.40. The van der Waals surface area contributed by atoms with Crippen LogP contribution >= 0.6 is 12.2 Å². The van der Waals surface area contributed by atoms with Crippen LogP contribution in [0.1, 0.15) is 18.4 Å². The largest absolute Gasteiger partial charge is 0.492 e. The summed E-state index contributed by atoms with van der Waals surface area (Å²) < 4.78 is 5.79. The van der Waals surface area contributed by atoms with Crippen molar-refractivity contribution in [2.45, 2.75) is 18.9 Å². The molecule has 0 spiro atoms. The van der Waals surface area contributed by atoms with Crippen molar-refractivity contribution in [1.82, 2.24) is 4.90 Å². The molecule has 2 fully saturated rings. The van der Waals surface area contributed by atoms with Crippen LogP contribution in [0.5, 0.6) is 5.75 Å². The van der Waals surface area contributed by atoms with Crippen molar-refractivity contribution in [3.05, 3.63) is 29.8 Å². The summed E-state index contributed by atoms with van der Waals surface area (Å²) in [4.78, 5) is 2.79. The number of benzene rings is 1. The van der Waals surface area contributed by atoms with E-state index in [4.69, 9.17) is 22.7 Å². The average Bonchev–Trinajstić information content (AvgIpc) is 3.02. The molecule has 4 nitrogen and oxygen atoms in total. The summed E-state index contributed by atoms with van der Waals surface area (Å²) >= 11 is 4.97. The van der Waals surface area contributed by atoms with Gasteiger partial charge in [0, 0.05) is 31.1 Å². The zero-order valence-corrected chi connectivity index (χ0v) is 12.9. The minimum Gasteiger partial charge on any atom is -0.492 e. The Bertz CT molecular complexity index is 523. The highest BCUT2D eigenvalue weighted by Gasteiger charge is 2.41. The molecule has 0 bridgehead atoms. The number of fused-ring (bicyclic) bond motifs is 1. The summed E-state index contributed by atoms with van der Waals surface area (Å²) in [7, 11) is 0. The van der Waals surface area contributed by atoms with Crippen LogP contribution in [0.15, 0.2) is 24.3 Å². The Morgan fingerprint density at radius 3 is 3.00 bits per heavy atom. The van der Waals surface area contributed by atoms with E-state index in [0.717, 1.165) is 37.4 Å². The lowest BCUT2D eigenvalue weighted by molar-refractivity contribution is 0.122. The van der Waals surface area contributed by atoms with Crippen molar-refractivity contribution < 1.29 is 9.84 Å². The molecule has 1 aliphatic heterocycles. The molecule has 1 saturated carbocycles. The molecular formula is C16H22N2O2S. The van der Waals surface area contributed by atoms with Crippen molar-refractivity contribution in [3.8, 4) is 5.75 Å². The molecule has 21 heavy (non-hydrogen) atoms. The number of ether oxygens (including phenoxy) is 1. The number of rotatable bonds is 5. The molecule has 114 valence electrons. The average molecular weight is 306 g/mol. The van der Waals surface area contributed by atoms with Gasteiger partial charge in [-0.25, -0.2) is 0 Å². The minimum atomic E-state index is -0.0943. The quantitative estimate of drug-likeness (QED) is 0.805. The number of thiocarbonyl (C=S) groups is 1. The van der Waals surface area contributed by atoms with Crippen molar-refractivity contribution in [2.24, 2.45) is 17.6 Å². The summed E-state index contributed by atoms with van der Waals surface area (Å²) in [5, 5.41) is 9.92. The third-order valence-corrected chi connectivity index (χ3v) is 4.93. The number of aliphatic hydroxyl groups is 1. The van der Waals surface area contributed by atoms with Gasteiger partial charge in [-0.2, -0.15) is 0 Å². The second-order valence-corrected chi connectivity index (χ2v) is 6.51. The highest BCUT2D eigenvalue weighted by molar-refractivity contribution is 7.80. The summed E-state index contributed by atoms with van der Waals surface area (Å²) in [5.41, 5.74) is 6.45. The zero-order valence-electron chi connectivity index (χ0n) is 12.1. The maximum absolute atomic E-state index is 9.92. The van der Waals surface area contributed by atoms with E-state index in [-0.39, 0.29) is 6.10 Å². The highest BCUT2D eigenvalue weighted by atomic mass is 32.1. The van der Waals surface area contributed by atoms with Crippen LogP contribution in [0.4, 0.5) is 0 Å². The second kappa shape index (κ2) is 6.30. The number of likely N-dealkylation sites (tertiary alicyclic amines) is 1. The van der Waals surface area contributed by atoms with Gasteiger partial charge in [-0.15, -0.1) is 0 Å². The van der Waals surface area contributed by atoms with Crippen molar-refractivity contribution >= 4 is 17.2 Å². The van der Waals surface area contributed by atoms with Crippen LogP contribution in [0.2, 0.25) is 0 Å². The molecule has 1 heterocycles. The fourth-order valence-electron chi connectivity index (χ4n) is 3.54. The van der Waals surface area contributed by atoms with E-state index in [9.17, 15) is 5.11 Å². The Morgan fingerprint density at radius 2 is 2.24 bits per heavy atom. The Kier molecular flexibility index (Phi) is 4.42. The maximum Gasteiger partial charge on any atom is 0.120 e. The Labute approximate surface area is 130 Å². The fraction of sp³-hybridized carbons (Fsp3) is 0.562. The molecule has 3 rings (SSSR count). The smallest absolute Gasteiger partial charge is 0.120 e. The van der Waals surface area contributed by atoms with Gasteiger partial charge in [0.15, 0.2) is 0 Å². The van der Waals surface area contributed by atoms with Crippen LogP contribution in [0.25, 0.3) is 0 Å². The molecule has 0 radical (unpaired) electrons. The van der Waals surface area contributed by atoms with Crippen LogP contribution in [-0.4, -0.2) is 47.3 Å². The summed E-state index contributed by atoms with van der Waals surface area (Å²) in [6, 6.07) is 7.59. The molecule has 3 atom stereocenters. The lowest BCUT2D eigenvalue weighted by Gasteiger charge is -2.18. The molecule has 0 aromatic heterocycles. The van der Waals surface area contributed by atoms with Gasteiger partial charge in [0.2, 0.25) is 0 Å². The van der Waals surface area contributed by atoms with Crippen molar-refractivity contribution in [3.63, 3.8) is 0 Å². The van der Waals surface area contributed by atoms with E-state index in [0.29, 0.717) is 23.4 Å². The zero-order chi connectivity index (χ0) is 14.8. The summed E-state index contributed by atoms with van der Waals surface area (Å²) in [6.45, 7) is 3.65. The van der Waals surface area contributed by atoms with E-state index < -0.39 is 0 Å². The lowest BCUT2D eigenvalue weighted by atomic mass is 10.00. The van der Waals surface area contributed by atoms with Gasteiger partial charge in [-0.1, -0.05) is 24.4 Å². The van der Waals surface area contributed by atoms with Crippen molar-refractivity contribution in [2.75, 3.05) is 26.2 Å². The van der Waals surface area contributed by atoms with Gasteiger partial charge >= 0.3 is 0 Å². The van der Waals surface area contributed by atoms with Crippen molar-refractivity contribution in [1.29, 1.82) is 0 Å². The van der Waals surface area contributed by atoms with Crippen LogP contribution < -0.4 is 10.5 Å². The van der Waals surface area contributed by atoms with Crippen LogP contribution in [0, 0.1) is 11.8 Å². The Morgan fingerprint density at radius 1 is 1.38 bits per heavy atom. The van der Waals surface area contributed by atoms with E-state index in [1.165, 1.54) is 6.42 Å². The highest BCUT2D eigenvalue weighted by Crippen LogP contribution is 2.37. The second-order valence-electron chi connectivity index (χ2n) is 6.07. The first-order chi connectivity index (χ1) is 10.1. The SMILES string of the molecule is NC(=S)c1cccc(OCCN2CC3CCC(O)C3C2)c1. The van der Waals surface area contributed by atoms with Gasteiger partial charge in [0.25, 0.3) is 0 Å². The number of hydrogen-bond donors (Lipinski definition) is 2. The van der Waals surface area contributed by atoms with Crippen LogP contribution in [0.3, 0.4) is 0 Å². The molecule has 1 aliphatic carbocycles. The summed E-state index contributed by atoms with van der Waals surface area (Å²) in [6.07, 6.45) is 2.05. The standard InChI is InChI=1S/C16H22N2O2S/c17-16(21)11-2-1-3-13(8-11)20-7-6-18-9-12-4-5-15(19)14(12)10-18/h1-3,8,12,14-15,19H,4-7,9-10H2,(H2,17,21). The predicted molar refractivity (Wildman–Crippen MR) is 86.5 cm³/mol. The first-order valence-corrected chi connectivity index (χ1v) is 7.97. The maximum atomic E-state index is 9.92. The Balaban J connectivity index is 1.47. The van der Waals surface area contributed by atoms with Gasteiger partial charge < -0.3 is 15.6 Å². The lowest BCUT2D eigenvalue weighted by Crippen LogP contribution is -2.28. The first-order valence-electron chi connectivity index (χ1n) is 7.56. The van der Waals surface area contributed by atoms with E-state index in [1.54, 1.807) is 0 Å². The fourth-order valence-corrected chi connectivity index (χ4v) is 3.67.